The highest BCUT2D eigenvalue weighted by Crippen LogP contribution is 2.40. The normalized spacial score (nSPS) is 20.6. The average molecular weight is 474 g/mol. The monoisotopic (exact) mass is 473 g/mol. The Labute approximate surface area is 205 Å². The smallest absolute Gasteiger partial charge is 0.185 e. The van der Waals surface area contributed by atoms with Gasteiger partial charge in [0.05, 0.1) is 23.6 Å². The third-order valence-electron chi connectivity index (χ3n) is 7.45. The van der Waals surface area contributed by atoms with Crippen LogP contribution in [0.15, 0.2) is 59.2 Å². The molecule has 0 bridgehead atoms. The number of piperazine rings is 1. The molecule has 3 aliphatic rings. The number of furan rings is 1. The van der Waals surface area contributed by atoms with E-state index in [4.69, 9.17) is 13.9 Å². The van der Waals surface area contributed by atoms with Gasteiger partial charge in [-0.25, -0.2) is 0 Å². The largest absolute Gasteiger partial charge is 0.486 e. The molecule has 6 rings (SSSR count). The average Bonchev–Trinajstić information content (AvgIpc) is 3.34. The van der Waals surface area contributed by atoms with Crippen molar-refractivity contribution in [3.05, 3.63) is 71.7 Å². The van der Waals surface area contributed by atoms with Crippen LogP contribution in [0.2, 0.25) is 0 Å². The molecule has 0 saturated carbocycles. The van der Waals surface area contributed by atoms with Gasteiger partial charge in [0.15, 0.2) is 17.3 Å². The fraction of sp³-hybridized carbons (Fsp3) is 0.393. The number of hydrogen-bond donors (Lipinski definition) is 1. The molecule has 0 aliphatic carbocycles. The highest BCUT2D eigenvalue weighted by Gasteiger charge is 2.38. The summed E-state index contributed by atoms with van der Waals surface area (Å²) in [5.41, 5.74) is 4.20. The highest BCUT2D eigenvalue weighted by molar-refractivity contribution is 6.01. The molecule has 3 aromatic rings. The third kappa shape index (κ3) is 4.14. The van der Waals surface area contributed by atoms with E-state index in [0.717, 1.165) is 61.9 Å². The lowest BCUT2D eigenvalue weighted by molar-refractivity contribution is 0.0769. The molecule has 3 aliphatic heterocycles. The molecule has 2 atom stereocenters. The van der Waals surface area contributed by atoms with E-state index in [9.17, 15) is 4.79 Å². The maximum Gasteiger partial charge on any atom is 0.185 e. The zero-order valence-electron chi connectivity index (χ0n) is 20.0. The molecule has 2 aromatic carbocycles. The van der Waals surface area contributed by atoms with Crippen molar-refractivity contribution in [1.29, 1.82) is 0 Å². The first-order valence-corrected chi connectivity index (χ1v) is 12.5. The van der Waals surface area contributed by atoms with Crippen LogP contribution in [0.25, 0.3) is 0 Å². The SMILES string of the molecule is Cc1occc1C(=O)C(C1CCc2ccccc2N1)N1CCN(c2cccc3c2OCCO3)CC1. The number of benzene rings is 2. The van der Waals surface area contributed by atoms with Gasteiger partial charge in [0.2, 0.25) is 0 Å². The first-order chi connectivity index (χ1) is 17.2. The van der Waals surface area contributed by atoms with Gasteiger partial charge in [-0.2, -0.15) is 0 Å². The zero-order valence-corrected chi connectivity index (χ0v) is 20.0. The van der Waals surface area contributed by atoms with E-state index in [2.05, 4.69) is 45.4 Å². The lowest BCUT2D eigenvalue weighted by Gasteiger charge is -2.44. The van der Waals surface area contributed by atoms with Crippen LogP contribution in [-0.2, 0) is 6.42 Å². The molecule has 35 heavy (non-hydrogen) atoms. The second-order valence-corrected chi connectivity index (χ2v) is 9.47. The van der Waals surface area contributed by atoms with E-state index in [-0.39, 0.29) is 17.9 Å². The molecule has 7 nitrogen and oxygen atoms in total. The Morgan fingerprint density at radius 1 is 1.00 bits per heavy atom. The molecule has 2 unspecified atom stereocenters. The molecule has 4 heterocycles. The number of Topliss-reactive ketones (excluding diaryl/α,β-unsaturated/α-hetero) is 1. The van der Waals surface area contributed by atoms with Gasteiger partial charge >= 0.3 is 0 Å². The minimum Gasteiger partial charge on any atom is -0.486 e. The first kappa shape index (κ1) is 22.0. The highest BCUT2D eigenvalue weighted by atomic mass is 16.6. The van der Waals surface area contributed by atoms with Crippen molar-refractivity contribution >= 4 is 17.2 Å². The summed E-state index contributed by atoms with van der Waals surface area (Å²) in [4.78, 5) is 18.6. The molecule has 1 fully saturated rings. The molecule has 0 amide bonds. The molecule has 0 spiro atoms. The molecule has 1 aromatic heterocycles. The van der Waals surface area contributed by atoms with Gasteiger partial charge < -0.3 is 24.1 Å². The molecule has 182 valence electrons. The van der Waals surface area contributed by atoms with Gasteiger partial charge in [0, 0.05) is 37.9 Å². The molecule has 0 radical (unpaired) electrons. The number of nitrogens with zero attached hydrogens (tertiary/aromatic N) is 2. The van der Waals surface area contributed by atoms with Crippen LogP contribution in [0, 0.1) is 6.92 Å². The summed E-state index contributed by atoms with van der Waals surface area (Å²) < 4.78 is 17.2. The summed E-state index contributed by atoms with van der Waals surface area (Å²) in [6.07, 6.45) is 3.50. The Balaban J connectivity index is 1.24. The molecule has 7 heteroatoms. The second-order valence-electron chi connectivity index (χ2n) is 9.47. The molecular weight excluding hydrogens is 442 g/mol. The van der Waals surface area contributed by atoms with Crippen molar-refractivity contribution in [3.63, 3.8) is 0 Å². The van der Waals surface area contributed by atoms with Crippen LogP contribution in [0.1, 0.15) is 28.1 Å². The minimum atomic E-state index is -0.258. The van der Waals surface area contributed by atoms with Crippen molar-refractivity contribution in [1.82, 2.24) is 4.90 Å². The van der Waals surface area contributed by atoms with E-state index in [1.54, 1.807) is 6.26 Å². The third-order valence-corrected chi connectivity index (χ3v) is 7.45. The van der Waals surface area contributed by atoms with Gasteiger partial charge in [-0.3, -0.25) is 9.69 Å². The van der Waals surface area contributed by atoms with E-state index >= 15 is 0 Å². The van der Waals surface area contributed by atoms with Crippen LogP contribution < -0.4 is 19.7 Å². The summed E-state index contributed by atoms with van der Waals surface area (Å²) in [7, 11) is 0. The number of ketones is 1. The summed E-state index contributed by atoms with van der Waals surface area (Å²) in [5, 5.41) is 3.70. The number of aryl methyl sites for hydroxylation is 2. The Bertz CT molecular complexity index is 1210. The number of carbonyl (C=O) groups is 1. The second kappa shape index (κ2) is 9.30. The molecule has 1 saturated heterocycles. The fourth-order valence-electron chi connectivity index (χ4n) is 5.65. The van der Waals surface area contributed by atoms with Crippen molar-refractivity contribution in [2.75, 3.05) is 49.6 Å². The van der Waals surface area contributed by atoms with E-state index in [1.807, 2.05) is 25.1 Å². The van der Waals surface area contributed by atoms with Crippen LogP contribution in [-0.4, -0.2) is 62.2 Å². The number of para-hydroxylation sites is 2. The number of hydrogen-bond acceptors (Lipinski definition) is 7. The Morgan fingerprint density at radius 3 is 2.66 bits per heavy atom. The summed E-state index contributed by atoms with van der Waals surface area (Å²) in [6, 6.07) is 16.1. The molecular formula is C28H31N3O4. The van der Waals surface area contributed by atoms with E-state index in [0.29, 0.717) is 24.5 Å². The van der Waals surface area contributed by atoms with Crippen molar-refractivity contribution in [2.45, 2.75) is 31.8 Å². The van der Waals surface area contributed by atoms with Crippen LogP contribution >= 0.6 is 0 Å². The number of rotatable bonds is 5. The number of ether oxygens (including phenoxy) is 2. The summed E-state index contributed by atoms with van der Waals surface area (Å²) in [6.45, 7) is 6.23. The van der Waals surface area contributed by atoms with E-state index in [1.165, 1.54) is 5.56 Å². The first-order valence-electron chi connectivity index (χ1n) is 12.5. The van der Waals surface area contributed by atoms with Crippen LogP contribution in [0.4, 0.5) is 11.4 Å². The van der Waals surface area contributed by atoms with Gasteiger partial charge in [-0.05, 0) is 49.6 Å². The Kier molecular flexibility index (Phi) is 5.86. The topological polar surface area (TPSA) is 67.2 Å². The Morgan fingerprint density at radius 2 is 1.83 bits per heavy atom. The van der Waals surface area contributed by atoms with Crippen LogP contribution in [0.3, 0.4) is 0 Å². The molecule has 1 N–H and O–H groups in total. The predicted octanol–water partition coefficient (Wildman–Crippen LogP) is 4.16. The number of fused-ring (bicyclic) bond motifs is 2. The van der Waals surface area contributed by atoms with Gasteiger partial charge in [0.1, 0.15) is 19.0 Å². The summed E-state index contributed by atoms with van der Waals surface area (Å²) in [5.74, 6) is 2.46. The fourth-order valence-corrected chi connectivity index (χ4v) is 5.65. The van der Waals surface area contributed by atoms with Crippen molar-refractivity contribution in [2.24, 2.45) is 0 Å². The maximum absolute atomic E-state index is 13.9. The van der Waals surface area contributed by atoms with Crippen molar-refractivity contribution in [3.8, 4) is 11.5 Å². The number of anilines is 2. The standard InChI is InChI=1S/C28H31N3O4/c1-19-21(11-16-33-19)27(32)26(23-10-9-20-5-2-3-6-22(20)29-23)31-14-12-30(13-15-31)24-7-4-8-25-28(24)35-18-17-34-25/h2-8,11,16,23,26,29H,9-10,12-15,17-18H2,1H3. The number of nitrogens with one attached hydrogen (secondary N) is 1. The maximum atomic E-state index is 13.9. The Hall–Kier alpha value is -3.45. The number of carbonyl (C=O) groups excluding carboxylic acids is 1. The van der Waals surface area contributed by atoms with Gasteiger partial charge in [-0.1, -0.05) is 24.3 Å². The zero-order chi connectivity index (χ0) is 23.8. The van der Waals surface area contributed by atoms with Gasteiger partial charge in [0.25, 0.3) is 0 Å². The van der Waals surface area contributed by atoms with Gasteiger partial charge in [-0.15, -0.1) is 0 Å². The lowest BCUT2D eigenvalue weighted by atomic mass is 9.88. The predicted molar refractivity (Wildman–Crippen MR) is 135 cm³/mol. The van der Waals surface area contributed by atoms with E-state index < -0.39 is 0 Å². The minimum absolute atomic E-state index is 0.0412. The summed E-state index contributed by atoms with van der Waals surface area (Å²) >= 11 is 0. The van der Waals surface area contributed by atoms with Crippen molar-refractivity contribution < 1.29 is 18.7 Å². The quantitative estimate of drug-likeness (QED) is 0.558. The van der Waals surface area contributed by atoms with Crippen LogP contribution in [0.5, 0.6) is 11.5 Å². The lowest BCUT2D eigenvalue weighted by Crippen LogP contribution is -2.58.